The van der Waals surface area contributed by atoms with Crippen molar-refractivity contribution in [1.29, 1.82) is 0 Å². The molecule has 3 aromatic rings. The zero-order valence-electron chi connectivity index (χ0n) is 26.0. The van der Waals surface area contributed by atoms with Crippen LogP contribution in [0.25, 0.3) is 0 Å². The number of nitrogens with zero attached hydrogens (tertiary/aromatic N) is 2. The number of carbonyl (C=O) groups is 4. The van der Waals surface area contributed by atoms with Crippen LogP contribution in [0, 0.1) is 17.6 Å². The van der Waals surface area contributed by atoms with Gasteiger partial charge in [0.2, 0.25) is 11.8 Å². The molecule has 1 saturated heterocycles. The number of amides is 3. The second-order valence-electron chi connectivity index (χ2n) is 11.9. The highest BCUT2D eigenvalue weighted by Crippen LogP contribution is 2.46. The van der Waals surface area contributed by atoms with E-state index in [0.29, 0.717) is 21.7 Å². The Balaban J connectivity index is 1.29. The third-order valence-electron chi connectivity index (χ3n) is 8.76. The highest BCUT2D eigenvalue weighted by Gasteiger charge is 2.49. The summed E-state index contributed by atoms with van der Waals surface area (Å²) in [4.78, 5) is 53.5. The Labute approximate surface area is 280 Å². The van der Waals surface area contributed by atoms with Crippen LogP contribution in [0.15, 0.2) is 72.8 Å². The fourth-order valence-electron chi connectivity index (χ4n) is 6.25. The Morgan fingerprint density at radius 3 is 2.12 bits per heavy atom. The van der Waals surface area contributed by atoms with Crippen LogP contribution in [0.3, 0.4) is 0 Å². The third-order valence-corrected chi connectivity index (χ3v) is 10.1. The monoisotopic (exact) mass is 681 g/mol. The summed E-state index contributed by atoms with van der Waals surface area (Å²) in [6.07, 6.45) is 2.84. The van der Waals surface area contributed by atoms with Crippen LogP contribution in [0.2, 0.25) is 0 Å². The fourth-order valence-corrected chi connectivity index (χ4v) is 7.55. The SMILES string of the molecule is NCC(=O)N(C(=O)COc1ccc([C@@H]2[C@@H](SCC(O)c3ccc(F)cc3)C(=O)N2c2ccc(F)cc2)cc1)[C@H](CC1CCCC1)C(=O)O. The number of rotatable bonds is 14. The van der Waals surface area contributed by atoms with Crippen LogP contribution in [-0.2, 0) is 19.2 Å². The number of imide groups is 1. The molecule has 254 valence electrons. The van der Waals surface area contributed by atoms with E-state index in [2.05, 4.69) is 0 Å². The van der Waals surface area contributed by atoms with Crippen molar-refractivity contribution in [2.45, 2.75) is 55.5 Å². The first-order valence-electron chi connectivity index (χ1n) is 15.7. The van der Waals surface area contributed by atoms with E-state index in [9.17, 15) is 38.2 Å². The molecule has 4 N–H and O–H groups in total. The number of ether oxygens (including phenoxy) is 1. The number of carbonyl (C=O) groups excluding carboxylic acids is 3. The zero-order chi connectivity index (χ0) is 34.4. The topological polar surface area (TPSA) is 150 Å². The molecule has 5 rings (SSSR count). The largest absolute Gasteiger partial charge is 0.484 e. The Hall–Kier alpha value is -4.33. The number of anilines is 1. The molecule has 2 aliphatic rings. The lowest BCUT2D eigenvalue weighted by Gasteiger charge is -2.47. The summed E-state index contributed by atoms with van der Waals surface area (Å²) in [7, 11) is 0. The van der Waals surface area contributed by atoms with Crippen LogP contribution < -0.4 is 15.4 Å². The molecule has 10 nitrogen and oxygen atoms in total. The van der Waals surface area contributed by atoms with Gasteiger partial charge < -0.3 is 25.6 Å². The van der Waals surface area contributed by atoms with E-state index < -0.39 is 66.0 Å². The smallest absolute Gasteiger partial charge is 0.326 e. The number of β-lactam (4-membered cyclic amide) rings is 1. The summed E-state index contributed by atoms with van der Waals surface area (Å²) in [5.74, 6) is -3.47. The zero-order valence-corrected chi connectivity index (χ0v) is 26.9. The Bertz CT molecular complexity index is 1600. The number of halogens is 2. The van der Waals surface area contributed by atoms with Gasteiger partial charge in [0.15, 0.2) is 6.61 Å². The summed E-state index contributed by atoms with van der Waals surface area (Å²) in [6, 6.07) is 15.8. The standard InChI is InChI=1S/C35H37F2N3O7S/c36-24-9-5-22(6-10-24)29(41)20-48-33-32(39(34(33)44)26-13-11-25(37)12-14-26)23-7-15-27(16-8-23)47-19-31(43)40(30(42)18-38)28(35(45)46)17-21-3-1-2-4-21/h5-16,21,28-29,32-33,41H,1-4,17-20,38H2,(H,45,46)/t28-,29?,32-,33-/m1/s1. The van der Waals surface area contributed by atoms with E-state index in [-0.39, 0.29) is 29.7 Å². The molecule has 0 bridgehead atoms. The maximum atomic E-state index is 13.7. The summed E-state index contributed by atoms with van der Waals surface area (Å²) >= 11 is 1.24. The highest BCUT2D eigenvalue weighted by molar-refractivity contribution is 8.00. The average molecular weight is 682 g/mol. The number of carboxylic acid groups (broad SMARTS) is 1. The molecule has 0 radical (unpaired) electrons. The van der Waals surface area contributed by atoms with E-state index in [4.69, 9.17) is 10.5 Å². The van der Waals surface area contributed by atoms with Crippen molar-refractivity contribution in [3.8, 4) is 5.75 Å². The summed E-state index contributed by atoms with van der Waals surface area (Å²) < 4.78 is 32.7. The van der Waals surface area contributed by atoms with Gasteiger partial charge in [-0.2, -0.15) is 0 Å². The van der Waals surface area contributed by atoms with Crippen LogP contribution in [0.4, 0.5) is 14.5 Å². The lowest BCUT2D eigenvalue weighted by Crippen LogP contribution is -2.57. The van der Waals surface area contributed by atoms with E-state index in [1.165, 1.54) is 65.2 Å². The molecule has 1 heterocycles. The van der Waals surface area contributed by atoms with Gasteiger partial charge in [0.05, 0.1) is 18.7 Å². The van der Waals surface area contributed by atoms with Gasteiger partial charge >= 0.3 is 5.97 Å². The Kier molecular flexibility index (Phi) is 11.5. The number of hydrogen-bond donors (Lipinski definition) is 3. The van der Waals surface area contributed by atoms with E-state index >= 15 is 0 Å². The normalized spacial score (nSPS) is 19.0. The predicted molar refractivity (Wildman–Crippen MR) is 175 cm³/mol. The fraction of sp³-hybridized carbons (Fsp3) is 0.371. The number of aliphatic hydroxyl groups excluding tert-OH is 1. The Morgan fingerprint density at radius 1 is 0.938 bits per heavy atom. The first-order chi connectivity index (χ1) is 23.1. The van der Waals surface area contributed by atoms with Crippen LogP contribution in [0.5, 0.6) is 5.75 Å². The van der Waals surface area contributed by atoms with Crippen molar-refractivity contribution in [2.75, 3.05) is 23.8 Å². The molecule has 3 amide bonds. The number of aliphatic carboxylic acids is 1. The number of aliphatic hydroxyl groups is 1. The molecule has 1 saturated carbocycles. The molecule has 1 aliphatic carbocycles. The van der Waals surface area contributed by atoms with Gasteiger partial charge in [-0.1, -0.05) is 49.9 Å². The molecule has 1 unspecified atom stereocenters. The molecule has 0 aromatic heterocycles. The number of hydrogen-bond acceptors (Lipinski definition) is 8. The molecular formula is C35H37F2N3O7S. The quantitative estimate of drug-likeness (QED) is 0.207. The molecule has 0 spiro atoms. The average Bonchev–Trinajstić information content (AvgIpc) is 3.60. The van der Waals surface area contributed by atoms with Crippen molar-refractivity contribution in [3.05, 3.63) is 95.6 Å². The maximum Gasteiger partial charge on any atom is 0.326 e. The van der Waals surface area contributed by atoms with Crippen LogP contribution in [0.1, 0.15) is 55.4 Å². The molecule has 1 aliphatic heterocycles. The highest BCUT2D eigenvalue weighted by atomic mass is 32.2. The lowest BCUT2D eigenvalue weighted by atomic mass is 9.92. The van der Waals surface area contributed by atoms with Crippen molar-refractivity contribution in [1.82, 2.24) is 4.90 Å². The van der Waals surface area contributed by atoms with Gasteiger partial charge in [-0.15, -0.1) is 11.8 Å². The van der Waals surface area contributed by atoms with E-state index in [1.807, 2.05) is 0 Å². The van der Waals surface area contributed by atoms with Crippen molar-refractivity contribution >= 4 is 41.1 Å². The number of carboxylic acids is 1. The van der Waals surface area contributed by atoms with Gasteiger partial charge in [0, 0.05) is 11.4 Å². The molecule has 3 aromatic carbocycles. The van der Waals surface area contributed by atoms with Gasteiger partial charge in [-0.3, -0.25) is 19.3 Å². The minimum absolute atomic E-state index is 0.0986. The summed E-state index contributed by atoms with van der Waals surface area (Å²) in [5.41, 5.74) is 7.23. The minimum atomic E-state index is -1.34. The second-order valence-corrected chi connectivity index (χ2v) is 13.1. The Morgan fingerprint density at radius 2 is 1.54 bits per heavy atom. The second kappa shape index (κ2) is 15.7. The van der Waals surface area contributed by atoms with Crippen molar-refractivity contribution in [3.63, 3.8) is 0 Å². The predicted octanol–water partition coefficient (Wildman–Crippen LogP) is 4.61. The van der Waals surface area contributed by atoms with E-state index in [1.54, 1.807) is 24.3 Å². The first kappa shape index (κ1) is 35.0. The number of thioether (sulfide) groups is 1. The van der Waals surface area contributed by atoms with Gasteiger partial charge in [-0.05, 0) is 72.0 Å². The molecule has 48 heavy (non-hydrogen) atoms. The van der Waals surface area contributed by atoms with Gasteiger partial charge in [0.25, 0.3) is 5.91 Å². The minimum Gasteiger partial charge on any atom is -0.484 e. The molecule has 4 atom stereocenters. The molecular weight excluding hydrogens is 644 g/mol. The summed E-state index contributed by atoms with van der Waals surface area (Å²) in [6.45, 7) is -1.12. The molecule has 13 heteroatoms. The van der Waals surface area contributed by atoms with Gasteiger partial charge in [0.1, 0.15) is 28.7 Å². The van der Waals surface area contributed by atoms with E-state index in [0.717, 1.165) is 25.7 Å². The maximum absolute atomic E-state index is 13.7. The molecule has 2 fully saturated rings. The van der Waals surface area contributed by atoms with Crippen LogP contribution in [-0.4, -0.2) is 69.0 Å². The first-order valence-corrected chi connectivity index (χ1v) is 16.8. The van der Waals surface area contributed by atoms with Crippen molar-refractivity contribution < 1.29 is 42.9 Å². The summed E-state index contributed by atoms with van der Waals surface area (Å²) in [5, 5.41) is 20.0. The third kappa shape index (κ3) is 8.03. The van der Waals surface area contributed by atoms with Crippen LogP contribution >= 0.6 is 11.8 Å². The lowest BCUT2D eigenvalue weighted by molar-refractivity contribution is -0.159. The number of benzene rings is 3. The van der Waals surface area contributed by atoms with Crippen molar-refractivity contribution in [2.24, 2.45) is 11.7 Å². The van der Waals surface area contributed by atoms with Gasteiger partial charge in [-0.25, -0.2) is 13.6 Å². The number of nitrogens with two attached hydrogens (primary N) is 1.